The molecule has 0 amide bonds. The molecule has 0 radical (unpaired) electrons. The number of piperidine rings is 1. The van der Waals surface area contributed by atoms with Gasteiger partial charge < -0.3 is 5.32 Å². The van der Waals surface area contributed by atoms with E-state index in [1.807, 2.05) is 4.31 Å². The lowest BCUT2D eigenvalue weighted by atomic mass is 10.1. The molecule has 1 heterocycles. The summed E-state index contributed by atoms with van der Waals surface area (Å²) in [4.78, 5) is 0. The summed E-state index contributed by atoms with van der Waals surface area (Å²) in [6, 6.07) is 0.873. The molecule has 2 aliphatic carbocycles. The molecule has 4 nitrogen and oxygen atoms in total. The Hall–Kier alpha value is -0.130. The van der Waals surface area contributed by atoms with Gasteiger partial charge in [-0.1, -0.05) is 19.3 Å². The molecule has 3 rings (SSSR count). The minimum Gasteiger partial charge on any atom is -0.312 e. The van der Waals surface area contributed by atoms with Crippen molar-refractivity contribution < 1.29 is 8.42 Å². The van der Waals surface area contributed by atoms with E-state index in [-0.39, 0.29) is 11.3 Å². The maximum Gasteiger partial charge on any atom is 0.217 e. The van der Waals surface area contributed by atoms with Crippen molar-refractivity contribution in [2.45, 2.75) is 75.1 Å². The Kier molecular flexibility index (Phi) is 4.15. The van der Waals surface area contributed by atoms with Gasteiger partial charge >= 0.3 is 0 Å². The van der Waals surface area contributed by atoms with Crippen molar-refractivity contribution in [1.29, 1.82) is 0 Å². The molecule has 0 aromatic heterocycles. The van der Waals surface area contributed by atoms with Crippen LogP contribution >= 0.6 is 0 Å². The van der Waals surface area contributed by atoms with Crippen molar-refractivity contribution >= 4 is 10.0 Å². The molecule has 1 atom stereocenters. The summed E-state index contributed by atoms with van der Waals surface area (Å²) in [7, 11) is -3.05. The first-order chi connectivity index (χ1) is 9.18. The lowest BCUT2D eigenvalue weighted by molar-refractivity contribution is 0.242. The van der Waals surface area contributed by atoms with Crippen LogP contribution in [0.5, 0.6) is 0 Å². The van der Waals surface area contributed by atoms with Crippen LogP contribution in [0.15, 0.2) is 0 Å². The second-order valence-electron chi connectivity index (χ2n) is 6.39. The number of sulfonamides is 1. The Morgan fingerprint density at radius 3 is 2.32 bits per heavy atom. The van der Waals surface area contributed by atoms with Crippen molar-refractivity contribution in [1.82, 2.24) is 9.62 Å². The summed E-state index contributed by atoms with van der Waals surface area (Å²) in [5.74, 6) is 0. The Bertz CT molecular complexity index is 400. The van der Waals surface area contributed by atoms with Gasteiger partial charge in [-0.15, -0.1) is 0 Å². The molecule has 0 aromatic carbocycles. The monoisotopic (exact) mass is 286 g/mol. The summed E-state index contributed by atoms with van der Waals surface area (Å²) in [6.45, 7) is 1.60. The fourth-order valence-corrected chi connectivity index (χ4v) is 5.77. The number of hydrogen-bond acceptors (Lipinski definition) is 3. The number of rotatable bonds is 5. The summed E-state index contributed by atoms with van der Waals surface area (Å²) >= 11 is 0. The van der Waals surface area contributed by atoms with Crippen LogP contribution in [0.3, 0.4) is 0 Å². The van der Waals surface area contributed by atoms with Gasteiger partial charge in [-0.25, -0.2) is 8.42 Å². The van der Waals surface area contributed by atoms with E-state index in [9.17, 15) is 8.42 Å². The largest absolute Gasteiger partial charge is 0.312 e. The standard InChI is InChI=1S/C14H26N2O2S/c17-19(18,14-6-1-2-7-14)16-10-4-3-5-13(16)11-15-12-8-9-12/h12-15H,1-11H2. The lowest BCUT2D eigenvalue weighted by Crippen LogP contribution is -2.51. The van der Waals surface area contributed by atoms with E-state index in [4.69, 9.17) is 0 Å². The SMILES string of the molecule is O=S(=O)(C1CCCC1)N1CCCCC1CNC1CC1. The maximum atomic E-state index is 12.8. The fourth-order valence-electron chi connectivity index (χ4n) is 3.48. The van der Waals surface area contributed by atoms with Gasteiger partial charge in [0, 0.05) is 25.2 Å². The highest BCUT2D eigenvalue weighted by atomic mass is 32.2. The van der Waals surface area contributed by atoms with Gasteiger partial charge in [0.15, 0.2) is 0 Å². The van der Waals surface area contributed by atoms with Crippen molar-refractivity contribution in [2.75, 3.05) is 13.1 Å². The molecule has 3 fully saturated rings. The zero-order valence-electron chi connectivity index (χ0n) is 11.7. The number of hydrogen-bond donors (Lipinski definition) is 1. The van der Waals surface area contributed by atoms with Crippen molar-refractivity contribution in [2.24, 2.45) is 0 Å². The first kappa shape index (κ1) is 13.8. The molecular formula is C14H26N2O2S. The molecule has 3 aliphatic rings. The van der Waals surface area contributed by atoms with Crippen LogP contribution in [-0.2, 0) is 10.0 Å². The molecule has 19 heavy (non-hydrogen) atoms. The predicted octanol–water partition coefficient (Wildman–Crippen LogP) is 1.87. The zero-order valence-corrected chi connectivity index (χ0v) is 12.5. The van der Waals surface area contributed by atoms with Crippen LogP contribution in [0.4, 0.5) is 0 Å². The molecule has 1 aliphatic heterocycles. The first-order valence-corrected chi connectivity index (χ1v) is 9.42. The smallest absolute Gasteiger partial charge is 0.217 e. The maximum absolute atomic E-state index is 12.8. The van der Waals surface area contributed by atoms with E-state index in [2.05, 4.69) is 5.32 Å². The van der Waals surface area contributed by atoms with E-state index < -0.39 is 10.0 Å². The molecule has 110 valence electrons. The van der Waals surface area contributed by atoms with Gasteiger partial charge in [-0.3, -0.25) is 0 Å². The van der Waals surface area contributed by atoms with Crippen LogP contribution in [0.2, 0.25) is 0 Å². The van der Waals surface area contributed by atoms with E-state index in [1.54, 1.807) is 0 Å². The van der Waals surface area contributed by atoms with E-state index in [1.165, 1.54) is 19.3 Å². The van der Waals surface area contributed by atoms with Gasteiger partial charge in [-0.05, 0) is 38.5 Å². The minimum absolute atomic E-state index is 0.0889. The average molecular weight is 286 g/mol. The molecule has 0 bridgehead atoms. The Balaban J connectivity index is 1.67. The molecule has 2 saturated carbocycles. The van der Waals surface area contributed by atoms with E-state index in [0.717, 1.165) is 51.6 Å². The Morgan fingerprint density at radius 1 is 0.947 bits per heavy atom. The molecule has 1 N–H and O–H groups in total. The highest BCUT2D eigenvalue weighted by molar-refractivity contribution is 7.89. The number of nitrogens with zero attached hydrogens (tertiary/aromatic N) is 1. The summed E-state index contributed by atoms with van der Waals surface area (Å²) < 4.78 is 27.4. The van der Waals surface area contributed by atoms with Crippen LogP contribution < -0.4 is 5.32 Å². The second kappa shape index (κ2) is 5.70. The van der Waals surface area contributed by atoms with E-state index >= 15 is 0 Å². The molecule has 1 saturated heterocycles. The zero-order chi connectivity index (χ0) is 13.3. The van der Waals surface area contributed by atoms with Crippen molar-refractivity contribution in [3.05, 3.63) is 0 Å². The number of nitrogens with one attached hydrogen (secondary N) is 1. The lowest BCUT2D eigenvalue weighted by Gasteiger charge is -2.36. The van der Waals surface area contributed by atoms with Gasteiger partial charge in [-0.2, -0.15) is 4.31 Å². The van der Waals surface area contributed by atoms with Crippen molar-refractivity contribution in [3.63, 3.8) is 0 Å². The third-order valence-corrected chi connectivity index (χ3v) is 7.29. The fraction of sp³-hybridized carbons (Fsp3) is 1.00. The van der Waals surface area contributed by atoms with Gasteiger partial charge in [0.2, 0.25) is 10.0 Å². The topological polar surface area (TPSA) is 49.4 Å². The third-order valence-electron chi connectivity index (χ3n) is 4.84. The quantitative estimate of drug-likeness (QED) is 0.839. The second-order valence-corrected chi connectivity index (χ2v) is 8.56. The Morgan fingerprint density at radius 2 is 1.63 bits per heavy atom. The molecule has 1 unspecified atom stereocenters. The summed E-state index contributed by atoms with van der Waals surface area (Å²) in [6.07, 6.45) is 9.70. The average Bonchev–Trinajstić information content (AvgIpc) is 3.07. The van der Waals surface area contributed by atoms with Gasteiger partial charge in [0.05, 0.1) is 5.25 Å². The third kappa shape index (κ3) is 3.14. The molecule has 5 heteroatoms. The molecule has 0 aromatic rings. The molecular weight excluding hydrogens is 260 g/mol. The Labute approximate surface area is 117 Å². The highest BCUT2D eigenvalue weighted by Crippen LogP contribution is 2.31. The van der Waals surface area contributed by atoms with E-state index in [0.29, 0.717) is 6.04 Å². The first-order valence-electron chi connectivity index (χ1n) is 7.92. The predicted molar refractivity (Wildman–Crippen MR) is 76.5 cm³/mol. The summed E-state index contributed by atoms with van der Waals surface area (Å²) in [5.41, 5.74) is 0. The van der Waals surface area contributed by atoms with Crippen molar-refractivity contribution in [3.8, 4) is 0 Å². The normalized spacial score (nSPS) is 30.8. The van der Waals surface area contributed by atoms with Gasteiger partial charge in [0.25, 0.3) is 0 Å². The van der Waals surface area contributed by atoms with Crippen LogP contribution in [-0.4, -0.2) is 43.1 Å². The van der Waals surface area contributed by atoms with Crippen LogP contribution in [0.1, 0.15) is 57.8 Å². The summed E-state index contributed by atoms with van der Waals surface area (Å²) in [5, 5.41) is 3.42. The van der Waals surface area contributed by atoms with Gasteiger partial charge in [0.1, 0.15) is 0 Å². The van der Waals surface area contributed by atoms with Crippen LogP contribution in [0.25, 0.3) is 0 Å². The minimum atomic E-state index is -3.05. The van der Waals surface area contributed by atoms with Crippen LogP contribution in [0, 0.1) is 0 Å². The highest BCUT2D eigenvalue weighted by Gasteiger charge is 2.39. The molecule has 0 spiro atoms.